The van der Waals surface area contributed by atoms with Crippen LogP contribution in [0, 0.1) is 0 Å². The largest absolute Gasteiger partial charge is 0.482 e. The number of carboxylic acids is 1. The van der Waals surface area contributed by atoms with Crippen LogP contribution in [0.3, 0.4) is 0 Å². The molecule has 3 aliphatic rings. The second-order valence-corrected chi connectivity index (χ2v) is 10.0. The number of piperazine rings is 1. The number of aliphatic carboxylic acids is 1. The number of anilines is 1. The Labute approximate surface area is 223 Å². The molecule has 1 aromatic heterocycles. The highest BCUT2D eigenvalue weighted by molar-refractivity contribution is 7.11. The highest BCUT2D eigenvalue weighted by Crippen LogP contribution is 2.29. The van der Waals surface area contributed by atoms with Crippen molar-refractivity contribution >= 4 is 40.8 Å². The Morgan fingerprint density at radius 1 is 1.26 bits per heavy atom. The van der Waals surface area contributed by atoms with E-state index in [1.54, 1.807) is 29.3 Å². The van der Waals surface area contributed by atoms with E-state index in [9.17, 15) is 14.4 Å². The number of thiazole rings is 1. The van der Waals surface area contributed by atoms with Crippen LogP contribution in [0.5, 0.6) is 5.75 Å². The number of hydrogen-bond donors (Lipinski definition) is 2. The number of amides is 2. The number of esters is 1. The van der Waals surface area contributed by atoms with Gasteiger partial charge < -0.3 is 24.8 Å². The Hall–Kier alpha value is -3.97. The molecule has 2 aromatic rings. The summed E-state index contributed by atoms with van der Waals surface area (Å²) >= 11 is 1.47. The summed E-state index contributed by atoms with van der Waals surface area (Å²) in [4.78, 5) is 51.4. The van der Waals surface area contributed by atoms with Gasteiger partial charge in [-0.1, -0.05) is 6.07 Å². The molecule has 0 radical (unpaired) electrons. The molecule has 2 fully saturated rings. The van der Waals surface area contributed by atoms with E-state index < -0.39 is 24.6 Å². The summed E-state index contributed by atoms with van der Waals surface area (Å²) in [6.07, 6.45) is 1.71. The molecule has 4 heterocycles. The zero-order valence-electron chi connectivity index (χ0n) is 21.0. The summed E-state index contributed by atoms with van der Waals surface area (Å²) in [6.45, 7) is 4.16. The van der Waals surface area contributed by atoms with E-state index in [1.807, 2.05) is 23.3 Å². The van der Waals surface area contributed by atoms with Crippen molar-refractivity contribution in [3.8, 4) is 5.75 Å². The van der Waals surface area contributed by atoms with E-state index in [0.29, 0.717) is 55.6 Å². The number of rotatable bonds is 8. The van der Waals surface area contributed by atoms with Gasteiger partial charge >= 0.3 is 18.0 Å². The third kappa shape index (κ3) is 5.20. The van der Waals surface area contributed by atoms with Gasteiger partial charge in [0.05, 0.1) is 24.8 Å². The number of fused-ring (bicyclic) bond motifs is 1. The molecule has 2 amide bonds. The predicted molar refractivity (Wildman–Crippen MR) is 140 cm³/mol. The number of ether oxygens (including phenoxy) is 2. The van der Waals surface area contributed by atoms with Crippen molar-refractivity contribution in [2.75, 3.05) is 51.3 Å². The number of nitrogens with zero attached hydrogens (tertiary/aromatic N) is 5. The van der Waals surface area contributed by atoms with Gasteiger partial charge in [-0.2, -0.15) is 0 Å². The molecule has 2 atom stereocenters. The zero-order chi connectivity index (χ0) is 26.8. The Bertz CT molecular complexity index is 1300. The highest BCUT2D eigenvalue weighted by Gasteiger charge is 2.42. The van der Waals surface area contributed by atoms with Gasteiger partial charge in [0, 0.05) is 61.8 Å². The lowest BCUT2D eigenvalue weighted by atomic mass is 10.0. The first-order valence-electron chi connectivity index (χ1n) is 12.1. The quantitative estimate of drug-likeness (QED) is 0.476. The summed E-state index contributed by atoms with van der Waals surface area (Å²) in [5.74, 6) is -0.474. The standard InChI is InChI=1S/C25H28N6O6S/c1-15-21(24(34)36-2)19(28-22(27-15)23-26-6-9-38-23)13-29-7-8-30-17(11-29)12-31(25(30)35)16-4-3-5-18(10-16)37-14-20(32)33/h3-6,9-10,15,17H,7-8,11-14H2,1-2H3,(H,27,28)(H,32,33)/t15-,17-/m0/s1. The summed E-state index contributed by atoms with van der Waals surface area (Å²) < 4.78 is 10.3. The Morgan fingerprint density at radius 3 is 2.84 bits per heavy atom. The van der Waals surface area contributed by atoms with Crippen molar-refractivity contribution in [2.24, 2.45) is 4.99 Å². The lowest BCUT2D eigenvalue weighted by molar-refractivity contribution is -0.139. The van der Waals surface area contributed by atoms with Crippen LogP contribution in [-0.4, -0.2) is 102 Å². The fourth-order valence-corrected chi connectivity index (χ4v) is 5.56. The molecule has 200 valence electrons. The molecule has 0 spiro atoms. The van der Waals surface area contributed by atoms with Crippen LogP contribution in [0.1, 0.15) is 11.9 Å². The number of nitrogens with one attached hydrogen (secondary N) is 1. The Balaban J connectivity index is 1.30. The summed E-state index contributed by atoms with van der Waals surface area (Å²) in [5.41, 5.74) is 1.86. The van der Waals surface area contributed by atoms with Crippen molar-refractivity contribution in [3.05, 3.63) is 52.1 Å². The van der Waals surface area contributed by atoms with E-state index in [0.717, 1.165) is 10.7 Å². The summed E-state index contributed by atoms with van der Waals surface area (Å²) in [5, 5.41) is 14.8. The fraction of sp³-hybridized carbons (Fsp3) is 0.400. The van der Waals surface area contributed by atoms with Crippen LogP contribution in [0.25, 0.3) is 0 Å². The number of carboxylic acid groups (broad SMARTS) is 1. The van der Waals surface area contributed by atoms with Crippen LogP contribution in [0.2, 0.25) is 0 Å². The molecular formula is C25H28N6O6S. The topological polar surface area (TPSA) is 137 Å². The minimum Gasteiger partial charge on any atom is -0.482 e. The van der Waals surface area contributed by atoms with Crippen molar-refractivity contribution < 1.29 is 29.0 Å². The molecule has 3 aliphatic heterocycles. The first-order valence-corrected chi connectivity index (χ1v) is 13.0. The molecule has 12 nitrogen and oxygen atoms in total. The smallest absolute Gasteiger partial charge is 0.341 e. The minimum absolute atomic E-state index is 0.0462. The van der Waals surface area contributed by atoms with Crippen molar-refractivity contribution in [1.82, 2.24) is 20.1 Å². The number of carbonyl (C=O) groups excluding carboxylic acids is 2. The zero-order valence-corrected chi connectivity index (χ0v) is 21.8. The maximum atomic E-state index is 13.2. The van der Waals surface area contributed by atoms with Crippen molar-refractivity contribution in [1.29, 1.82) is 0 Å². The molecule has 0 saturated carbocycles. The second kappa shape index (κ2) is 10.8. The Morgan fingerprint density at radius 2 is 2.11 bits per heavy atom. The van der Waals surface area contributed by atoms with Crippen LogP contribution < -0.4 is 15.0 Å². The van der Waals surface area contributed by atoms with Crippen LogP contribution >= 0.6 is 11.3 Å². The van der Waals surface area contributed by atoms with Gasteiger partial charge in [0.2, 0.25) is 0 Å². The molecular weight excluding hydrogens is 512 g/mol. The van der Waals surface area contributed by atoms with Gasteiger partial charge in [0.25, 0.3) is 0 Å². The average molecular weight is 541 g/mol. The minimum atomic E-state index is -1.07. The lowest BCUT2D eigenvalue weighted by Crippen LogP contribution is -2.53. The number of benzene rings is 1. The van der Waals surface area contributed by atoms with Gasteiger partial charge in [-0.05, 0) is 19.1 Å². The monoisotopic (exact) mass is 540 g/mol. The molecule has 0 bridgehead atoms. The number of amidine groups is 1. The van der Waals surface area contributed by atoms with E-state index in [2.05, 4.69) is 20.2 Å². The van der Waals surface area contributed by atoms with Crippen LogP contribution in [-0.2, 0) is 14.3 Å². The van der Waals surface area contributed by atoms with Gasteiger partial charge in [-0.15, -0.1) is 11.3 Å². The molecule has 13 heteroatoms. The van der Waals surface area contributed by atoms with Gasteiger partial charge in [0.1, 0.15) is 5.75 Å². The number of methoxy groups -OCH3 is 1. The number of aliphatic imine (C=N–C) groups is 1. The van der Waals surface area contributed by atoms with Crippen LogP contribution in [0.4, 0.5) is 10.5 Å². The normalized spacial score (nSPS) is 21.6. The van der Waals surface area contributed by atoms with E-state index in [-0.39, 0.29) is 12.1 Å². The summed E-state index contributed by atoms with van der Waals surface area (Å²) in [6, 6.07) is 6.35. The number of aromatic nitrogens is 1. The second-order valence-electron chi connectivity index (χ2n) is 9.16. The highest BCUT2D eigenvalue weighted by atomic mass is 32.1. The average Bonchev–Trinajstić information content (AvgIpc) is 3.55. The van der Waals surface area contributed by atoms with Crippen molar-refractivity contribution in [3.63, 3.8) is 0 Å². The molecule has 0 aliphatic carbocycles. The van der Waals surface area contributed by atoms with Gasteiger partial charge in [-0.3, -0.25) is 14.8 Å². The number of hydrogen-bond acceptors (Lipinski definition) is 10. The third-order valence-electron chi connectivity index (χ3n) is 6.69. The van der Waals surface area contributed by atoms with E-state index in [4.69, 9.17) is 14.6 Å². The molecule has 0 unspecified atom stereocenters. The van der Waals surface area contributed by atoms with E-state index in [1.165, 1.54) is 18.4 Å². The SMILES string of the molecule is COC(=O)C1=C(CN2CCN3C(=O)N(c4cccc(OCC(=O)O)c4)C[C@@H]3C2)NC(c2nccs2)=N[C@H]1C. The molecule has 5 rings (SSSR count). The Kier molecular flexibility index (Phi) is 7.29. The summed E-state index contributed by atoms with van der Waals surface area (Å²) in [7, 11) is 1.36. The fourth-order valence-electron chi connectivity index (χ4n) is 4.97. The lowest BCUT2D eigenvalue weighted by Gasteiger charge is -2.37. The number of carbonyl (C=O) groups is 3. The van der Waals surface area contributed by atoms with Gasteiger partial charge in [0.15, 0.2) is 17.5 Å². The first kappa shape index (κ1) is 25.7. The van der Waals surface area contributed by atoms with Crippen LogP contribution in [0.15, 0.2) is 52.1 Å². The third-order valence-corrected chi connectivity index (χ3v) is 7.47. The maximum absolute atomic E-state index is 13.2. The molecule has 38 heavy (non-hydrogen) atoms. The number of urea groups is 1. The first-order chi connectivity index (χ1) is 18.3. The maximum Gasteiger partial charge on any atom is 0.341 e. The molecule has 1 aromatic carbocycles. The van der Waals surface area contributed by atoms with Crippen molar-refractivity contribution in [2.45, 2.75) is 19.0 Å². The van der Waals surface area contributed by atoms with Gasteiger partial charge in [-0.25, -0.2) is 19.4 Å². The van der Waals surface area contributed by atoms with E-state index >= 15 is 0 Å². The molecule has 2 N–H and O–H groups in total. The molecule has 2 saturated heterocycles. The predicted octanol–water partition coefficient (Wildman–Crippen LogP) is 1.40.